The molecule has 3 nitrogen and oxygen atoms in total. The number of likely N-dealkylation sites (tertiary alicyclic amines) is 1. The van der Waals surface area contributed by atoms with Crippen LogP contribution in [0, 0.1) is 0 Å². The maximum absolute atomic E-state index is 9.45. The van der Waals surface area contributed by atoms with E-state index in [-0.39, 0.29) is 12.6 Å². The van der Waals surface area contributed by atoms with Gasteiger partial charge in [-0.2, -0.15) is 0 Å². The number of nitrogens with zero attached hydrogens (tertiary/aromatic N) is 1. The summed E-state index contributed by atoms with van der Waals surface area (Å²) in [5, 5.41) is 9.45. The zero-order chi connectivity index (χ0) is 14.5. The van der Waals surface area contributed by atoms with Crippen LogP contribution in [0.4, 0.5) is 0 Å². The molecule has 1 saturated heterocycles. The second-order valence-electron chi connectivity index (χ2n) is 5.47. The van der Waals surface area contributed by atoms with Crippen LogP contribution >= 0.6 is 0 Å². The molecule has 0 bridgehead atoms. The van der Waals surface area contributed by atoms with Gasteiger partial charge in [0.1, 0.15) is 11.5 Å². The summed E-state index contributed by atoms with van der Waals surface area (Å²) >= 11 is 0. The van der Waals surface area contributed by atoms with E-state index >= 15 is 0 Å². The first-order valence-electron chi connectivity index (χ1n) is 7.52. The SMILES string of the molecule is OC[C@H]1CCCN1Cc1ccccc1Oc1ccccc1. The van der Waals surface area contributed by atoms with E-state index in [0.29, 0.717) is 0 Å². The summed E-state index contributed by atoms with van der Waals surface area (Å²) in [5.74, 6) is 1.75. The highest BCUT2D eigenvalue weighted by Crippen LogP contribution is 2.28. The van der Waals surface area contributed by atoms with Crippen molar-refractivity contribution in [3.8, 4) is 11.5 Å². The van der Waals surface area contributed by atoms with Crippen LogP contribution in [0.15, 0.2) is 54.6 Å². The highest BCUT2D eigenvalue weighted by atomic mass is 16.5. The van der Waals surface area contributed by atoms with E-state index in [1.807, 2.05) is 48.5 Å². The molecule has 1 fully saturated rings. The zero-order valence-electron chi connectivity index (χ0n) is 12.1. The third-order valence-corrected chi connectivity index (χ3v) is 4.03. The van der Waals surface area contributed by atoms with Crippen molar-refractivity contribution in [2.45, 2.75) is 25.4 Å². The molecule has 1 N–H and O–H groups in total. The standard InChI is InChI=1S/C18H21NO2/c20-14-16-8-6-12-19(16)13-15-7-4-5-11-18(15)21-17-9-2-1-3-10-17/h1-5,7,9-11,16,20H,6,8,12-14H2/t16-/m1/s1. The van der Waals surface area contributed by atoms with Crippen molar-refractivity contribution in [1.82, 2.24) is 4.90 Å². The van der Waals surface area contributed by atoms with Crippen LogP contribution < -0.4 is 4.74 Å². The summed E-state index contributed by atoms with van der Waals surface area (Å²) in [4.78, 5) is 2.34. The zero-order valence-corrected chi connectivity index (χ0v) is 12.1. The smallest absolute Gasteiger partial charge is 0.131 e. The molecule has 1 aliphatic rings. The Bertz CT molecular complexity index is 570. The number of para-hydroxylation sites is 2. The molecule has 1 atom stereocenters. The minimum Gasteiger partial charge on any atom is -0.457 e. The lowest BCUT2D eigenvalue weighted by Gasteiger charge is -2.23. The monoisotopic (exact) mass is 283 g/mol. The van der Waals surface area contributed by atoms with E-state index in [9.17, 15) is 5.11 Å². The first kappa shape index (κ1) is 14.1. The van der Waals surface area contributed by atoms with Crippen LogP contribution in [0.5, 0.6) is 11.5 Å². The Morgan fingerprint density at radius 2 is 1.81 bits per heavy atom. The number of benzene rings is 2. The highest BCUT2D eigenvalue weighted by molar-refractivity contribution is 5.37. The van der Waals surface area contributed by atoms with Gasteiger partial charge in [-0.1, -0.05) is 36.4 Å². The Balaban J connectivity index is 1.76. The number of aliphatic hydroxyl groups is 1. The van der Waals surface area contributed by atoms with Gasteiger partial charge >= 0.3 is 0 Å². The topological polar surface area (TPSA) is 32.7 Å². The van der Waals surface area contributed by atoms with Gasteiger partial charge in [-0.15, -0.1) is 0 Å². The van der Waals surface area contributed by atoms with Gasteiger partial charge in [-0.3, -0.25) is 4.90 Å². The van der Waals surface area contributed by atoms with E-state index in [1.165, 1.54) is 5.56 Å². The molecule has 0 spiro atoms. The fourth-order valence-electron chi connectivity index (χ4n) is 2.88. The Labute approximate surface area is 125 Å². The third kappa shape index (κ3) is 3.43. The molecule has 0 aliphatic carbocycles. The van der Waals surface area contributed by atoms with Gasteiger partial charge in [0.15, 0.2) is 0 Å². The summed E-state index contributed by atoms with van der Waals surface area (Å²) in [6.45, 7) is 2.11. The second kappa shape index (κ2) is 6.74. The van der Waals surface area contributed by atoms with Gasteiger partial charge in [-0.05, 0) is 37.6 Å². The molecule has 2 aromatic rings. The third-order valence-electron chi connectivity index (χ3n) is 4.03. The summed E-state index contributed by atoms with van der Waals surface area (Å²) < 4.78 is 6.00. The van der Waals surface area contributed by atoms with Crippen molar-refractivity contribution in [2.24, 2.45) is 0 Å². The van der Waals surface area contributed by atoms with Crippen LogP contribution in [-0.2, 0) is 6.54 Å². The normalized spacial score (nSPS) is 18.8. The molecule has 0 radical (unpaired) electrons. The van der Waals surface area contributed by atoms with Gasteiger partial charge in [0.2, 0.25) is 0 Å². The maximum atomic E-state index is 9.45. The van der Waals surface area contributed by atoms with E-state index in [2.05, 4.69) is 11.0 Å². The molecule has 3 heteroatoms. The van der Waals surface area contributed by atoms with Crippen molar-refractivity contribution in [1.29, 1.82) is 0 Å². The first-order chi connectivity index (χ1) is 10.4. The summed E-state index contributed by atoms with van der Waals surface area (Å²) in [5.41, 5.74) is 1.17. The lowest BCUT2D eigenvalue weighted by atomic mass is 10.1. The van der Waals surface area contributed by atoms with Crippen molar-refractivity contribution in [3.05, 3.63) is 60.2 Å². The van der Waals surface area contributed by atoms with Crippen LogP contribution in [-0.4, -0.2) is 29.2 Å². The lowest BCUT2D eigenvalue weighted by Crippen LogP contribution is -2.31. The lowest BCUT2D eigenvalue weighted by molar-refractivity contribution is 0.153. The molecule has 21 heavy (non-hydrogen) atoms. The van der Waals surface area contributed by atoms with Crippen LogP contribution in [0.3, 0.4) is 0 Å². The van der Waals surface area contributed by atoms with E-state index < -0.39 is 0 Å². The average Bonchev–Trinajstić information content (AvgIpc) is 2.97. The summed E-state index contributed by atoms with van der Waals surface area (Å²) in [6, 6.07) is 18.3. The Morgan fingerprint density at radius 1 is 1.05 bits per heavy atom. The van der Waals surface area contributed by atoms with Crippen LogP contribution in [0.1, 0.15) is 18.4 Å². The molecule has 1 heterocycles. The number of aliphatic hydroxyl groups excluding tert-OH is 1. The quantitative estimate of drug-likeness (QED) is 0.912. The second-order valence-corrected chi connectivity index (χ2v) is 5.47. The number of rotatable bonds is 5. The summed E-state index contributed by atoms with van der Waals surface area (Å²) in [6.07, 6.45) is 2.24. The van der Waals surface area contributed by atoms with E-state index in [0.717, 1.165) is 37.4 Å². The van der Waals surface area contributed by atoms with E-state index in [1.54, 1.807) is 0 Å². The number of hydrogen-bond acceptors (Lipinski definition) is 3. The Hall–Kier alpha value is -1.84. The van der Waals surface area contributed by atoms with Crippen LogP contribution in [0.25, 0.3) is 0 Å². The molecule has 0 aromatic heterocycles. The predicted octanol–water partition coefficient (Wildman–Crippen LogP) is 3.44. The largest absolute Gasteiger partial charge is 0.457 e. The van der Waals surface area contributed by atoms with Crippen molar-refractivity contribution in [2.75, 3.05) is 13.2 Å². The minimum absolute atomic E-state index is 0.238. The Kier molecular flexibility index (Phi) is 4.53. The first-order valence-corrected chi connectivity index (χ1v) is 7.52. The van der Waals surface area contributed by atoms with Gasteiger partial charge < -0.3 is 9.84 Å². The fourth-order valence-corrected chi connectivity index (χ4v) is 2.88. The molecule has 2 aromatic carbocycles. The average molecular weight is 283 g/mol. The molecule has 110 valence electrons. The van der Waals surface area contributed by atoms with Gasteiger partial charge in [-0.25, -0.2) is 0 Å². The van der Waals surface area contributed by atoms with Gasteiger partial charge in [0.25, 0.3) is 0 Å². The molecule has 1 aliphatic heterocycles. The highest BCUT2D eigenvalue weighted by Gasteiger charge is 2.24. The maximum Gasteiger partial charge on any atom is 0.131 e. The van der Waals surface area contributed by atoms with Crippen molar-refractivity contribution < 1.29 is 9.84 Å². The molecule has 0 unspecified atom stereocenters. The van der Waals surface area contributed by atoms with E-state index in [4.69, 9.17) is 4.74 Å². The van der Waals surface area contributed by atoms with Crippen molar-refractivity contribution >= 4 is 0 Å². The minimum atomic E-state index is 0.238. The summed E-state index contributed by atoms with van der Waals surface area (Å²) in [7, 11) is 0. The molecular formula is C18H21NO2. The molecule has 0 amide bonds. The van der Waals surface area contributed by atoms with Crippen molar-refractivity contribution in [3.63, 3.8) is 0 Å². The Morgan fingerprint density at radius 3 is 2.62 bits per heavy atom. The molecule has 0 saturated carbocycles. The fraction of sp³-hybridized carbons (Fsp3) is 0.333. The predicted molar refractivity (Wildman–Crippen MR) is 83.5 cm³/mol. The number of ether oxygens (including phenoxy) is 1. The number of hydrogen-bond donors (Lipinski definition) is 1. The van der Waals surface area contributed by atoms with Gasteiger partial charge in [0, 0.05) is 18.2 Å². The van der Waals surface area contributed by atoms with Crippen LogP contribution in [0.2, 0.25) is 0 Å². The van der Waals surface area contributed by atoms with Gasteiger partial charge in [0.05, 0.1) is 6.61 Å². The molecular weight excluding hydrogens is 262 g/mol. The molecule has 3 rings (SSSR count).